The van der Waals surface area contributed by atoms with Gasteiger partial charge in [-0.25, -0.2) is 4.79 Å². The fourth-order valence-electron chi connectivity index (χ4n) is 1.63. The van der Waals surface area contributed by atoms with Crippen LogP contribution in [0.3, 0.4) is 0 Å². The van der Waals surface area contributed by atoms with Crippen LogP contribution >= 0.6 is 0 Å². The topological polar surface area (TPSA) is 89.3 Å². The van der Waals surface area contributed by atoms with Gasteiger partial charge in [0.25, 0.3) is 0 Å². The third-order valence-corrected chi connectivity index (χ3v) is 2.94. The van der Waals surface area contributed by atoms with Crippen LogP contribution in [0, 0.1) is 0 Å². The number of amides is 2. The van der Waals surface area contributed by atoms with Crippen molar-refractivity contribution in [1.29, 1.82) is 0 Å². The number of carbonyl (C=O) groups excluding carboxylic acids is 1. The van der Waals surface area contributed by atoms with Crippen LogP contribution in [0.1, 0.15) is 24.8 Å². The molecule has 6 heteroatoms. The van der Waals surface area contributed by atoms with Gasteiger partial charge in [0.1, 0.15) is 0 Å². The number of anilines is 1. The van der Waals surface area contributed by atoms with Gasteiger partial charge in [-0.3, -0.25) is 0 Å². The predicted molar refractivity (Wildman–Crippen MR) is 72.2 cm³/mol. The molecule has 5 nitrogen and oxygen atoms in total. The fourth-order valence-corrected chi connectivity index (χ4v) is 1.99. The summed E-state index contributed by atoms with van der Waals surface area (Å²) in [5.74, 6) is 0. The van der Waals surface area contributed by atoms with Crippen molar-refractivity contribution in [2.45, 2.75) is 25.7 Å². The molecule has 0 aliphatic carbocycles. The Morgan fingerprint density at radius 1 is 1.28 bits per heavy atom. The number of primary amides is 1. The molecule has 0 heterocycles. The molecule has 0 spiro atoms. The highest BCUT2D eigenvalue weighted by atomic mass is 32.2. The smallest absolute Gasteiger partial charge is 0.316 e. The summed E-state index contributed by atoms with van der Waals surface area (Å²) in [5.41, 5.74) is 6.79. The Morgan fingerprint density at radius 2 is 2.00 bits per heavy atom. The summed E-state index contributed by atoms with van der Waals surface area (Å²) >= 11 is 0. The van der Waals surface area contributed by atoms with Crippen LogP contribution in [0.2, 0.25) is 0 Å². The highest BCUT2D eigenvalue weighted by molar-refractivity contribution is 7.71. The van der Waals surface area contributed by atoms with Gasteiger partial charge in [0, 0.05) is 11.1 Å². The van der Waals surface area contributed by atoms with E-state index in [0.717, 1.165) is 24.8 Å². The SMILES string of the molecule is NC(=O)Nc1ccccc1CCCCC=S(=O)=O. The molecule has 0 atom stereocenters. The monoisotopic (exact) mass is 268 g/mol. The first kappa shape index (κ1) is 14.2. The number of benzene rings is 1. The minimum atomic E-state index is -2.07. The van der Waals surface area contributed by atoms with Crippen molar-refractivity contribution in [2.75, 3.05) is 5.32 Å². The zero-order valence-electron chi connectivity index (χ0n) is 9.93. The van der Waals surface area contributed by atoms with E-state index in [0.29, 0.717) is 12.1 Å². The summed E-state index contributed by atoms with van der Waals surface area (Å²) < 4.78 is 20.6. The van der Waals surface area contributed by atoms with Gasteiger partial charge in [-0.05, 0) is 37.3 Å². The first-order valence-corrected chi connectivity index (χ1v) is 6.79. The average molecular weight is 268 g/mol. The van der Waals surface area contributed by atoms with Crippen LogP contribution in [0.25, 0.3) is 0 Å². The lowest BCUT2D eigenvalue weighted by atomic mass is 10.1. The Labute approximate surface area is 108 Å². The number of hydrogen-bond donors (Lipinski definition) is 2. The number of aryl methyl sites for hydroxylation is 1. The van der Waals surface area contributed by atoms with Crippen molar-refractivity contribution in [3.8, 4) is 0 Å². The molecule has 3 N–H and O–H groups in total. The van der Waals surface area contributed by atoms with E-state index < -0.39 is 16.3 Å². The molecule has 0 aliphatic heterocycles. The molecule has 1 aromatic carbocycles. The molecule has 0 saturated carbocycles. The average Bonchev–Trinajstić information content (AvgIpc) is 2.29. The van der Waals surface area contributed by atoms with Crippen molar-refractivity contribution < 1.29 is 13.2 Å². The van der Waals surface area contributed by atoms with Gasteiger partial charge in [-0.15, -0.1) is 0 Å². The maximum absolute atomic E-state index is 10.8. The van der Waals surface area contributed by atoms with Crippen LogP contribution in [0.4, 0.5) is 10.5 Å². The summed E-state index contributed by atoms with van der Waals surface area (Å²) in [4.78, 5) is 10.8. The number of unbranched alkanes of at least 4 members (excludes halogenated alkanes) is 2. The minimum absolute atomic E-state index is 0.543. The third-order valence-electron chi connectivity index (χ3n) is 2.43. The Kier molecular flexibility index (Phi) is 5.93. The Morgan fingerprint density at radius 3 is 2.67 bits per heavy atom. The van der Waals surface area contributed by atoms with Crippen LogP contribution in [0.5, 0.6) is 0 Å². The highest BCUT2D eigenvalue weighted by Gasteiger charge is 2.02. The fraction of sp³-hybridized carbons (Fsp3) is 0.333. The van der Waals surface area contributed by atoms with Crippen LogP contribution in [-0.2, 0) is 16.7 Å². The summed E-state index contributed by atoms with van der Waals surface area (Å²) in [6.45, 7) is 0. The van der Waals surface area contributed by atoms with Crippen molar-refractivity contribution in [2.24, 2.45) is 5.73 Å². The Hall–Kier alpha value is -1.82. The molecule has 0 aliphatic rings. The molecule has 0 bridgehead atoms. The van der Waals surface area contributed by atoms with E-state index in [4.69, 9.17) is 5.73 Å². The molecule has 98 valence electrons. The zero-order valence-corrected chi connectivity index (χ0v) is 10.7. The predicted octanol–water partition coefficient (Wildman–Crippen LogP) is 1.57. The van der Waals surface area contributed by atoms with E-state index in [2.05, 4.69) is 5.32 Å². The van der Waals surface area contributed by atoms with Gasteiger partial charge in [0.15, 0.2) is 0 Å². The van der Waals surface area contributed by atoms with Crippen LogP contribution in [0.15, 0.2) is 24.3 Å². The van der Waals surface area contributed by atoms with Gasteiger partial charge in [-0.1, -0.05) is 18.2 Å². The van der Waals surface area contributed by atoms with E-state index in [1.807, 2.05) is 18.2 Å². The van der Waals surface area contributed by atoms with Crippen LogP contribution in [-0.4, -0.2) is 19.8 Å². The molecular formula is C12H16N2O3S. The molecule has 2 amide bonds. The molecule has 1 aromatic rings. The molecule has 0 fully saturated rings. The first-order chi connectivity index (χ1) is 8.59. The normalized spacial score (nSPS) is 9.78. The summed E-state index contributed by atoms with van der Waals surface area (Å²) in [5, 5.41) is 3.82. The third kappa shape index (κ3) is 5.49. The van der Waals surface area contributed by atoms with Crippen molar-refractivity contribution >= 4 is 27.4 Å². The van der Waals surface area contributed by atoms with E-state index >= 15 is 0 Å². The molecular weight excluding hydrogens is 252 g/mol. The maximum atomic E-state index is 10.8. The quantitative estimate of drug-likeness (QED) is 0.606. The number of para-hydroxylation sites is 1. The molecule has 18 heavy (non-hydrogen) atoms. The molecule has 1 rings (SSSR count). The lowest BCUT2D eigenvalue weighted by molar-refractivity contribution is 0.259. The summed E-state index contributed by atoms with van der Waals surface area (Å²) in [7, 11) is -2.07. The van der Waals surface area contributed by atoms with Gasteiger partial charge >= 0.3 is 6.03 Å². The van der Waals surface area contributed by atoms with E-state index in [-0.39, 0.29) is 0 Å². The number of urea groups is 1. The second-order valence-corrected chi connectivity index (χ2v) is 4.67. The zero-order chi connectivity index (χ0) is 13.4. The lowest BCUT2D eigenvalue weighted by Crippen LogP contribution is -2.20. The first-order valence-electron chi connectivity index (χ1n) is 5.65. The molecule has 0 aromatic heterocycles. The molecule has 0 saturated heterocycles. The number of carbonyl (C=O) groups is 1. The van der Waals surface area contributed by atoms with E-state index in [9.17, 15) is 13.2 Å². The van der Waals surface area contributed by atoms with Crippen LogP contribution < -0.4 is 11.1 Å². The summed E-state index contributed by atoms with van der Waals surface area (Å²) in [6, 6.07) is 6.83. The van der Waals surface area contributed by atoms with E-state index in [1.165, 1.54) is 5.37 Å². The van der Waals surface area contributed by atoms with Crippen molar-refractivity contribution in [1.82, 2.24) is 0 Å². The van der Waals surface area contributed by atoms with Crippen molar-refractivity contribution in [3.05, 3.63) is 29.8 Å². The summed E-state index contributed by atoms with van der Waals surface area (Å²) in [6.07, 6.45) is 2.96. The Bertz CT molecular complexity index is 530. The van der Waals surface area contributed by atoms with Gasteiger partial charge in [0.2, 0.25) is 10.3 Å². The van der Waals surface area contributed by atoms with Crippen molar-refractivity contribution in [3.63, 3.8) is 0 Å². The molecule has 0 radical (unpaired) electrons. The number of rotatable bonds is 6. The Balaban J connectivity index is 2.51. The second-order valence-electron chi connectivity index (χ2n) is 3.82. The second kappa shape index (κ2) is 7.50. The number of hydrogen-bond acceptors (Lipinski definition) is 3. The number of nitrogens with two attached hydrogens (primary N) is 1. The lowest BCUT2D eigenvalue weighted by Gasteiger charge is -2.08. The standard InChI is InChI=1S/C12H16N2O3S/c13-12(15)14-11-8-4-3-7-10(11)6-2-1-5-9-18(16)17/h3-4,7-9H,1-2,5-6H2,(H3,13,14,15). The minimum Gasteiger partial charge on any atom is -0.351 e. The van der Waals surface area contributed by atoms with Gasteiger partial charge in [0.05, 0.1) is 0 Å². The van der Waals surface area contributed by atoms with Gasteiger partial charge in [-0.2, -0.15) is 8.42 Å². The molecule has 0 unspecified atom stereocenters. The van der Waals surface area contributed by atoms with Gasteiger partial charge < -0.3 is 11.1 Å². The largest absolute Gasteiger partial charge is 0.351 e. The number of nitrogens with one attached hydrogen (secondary N) is 1. The highest BCUT2D eigenvalue weighted by Crippen LogP contribution is 2.17. The maximum Gasteiger partial charge on any atom is 0.316 e. The van der Waals surface area contributed by atoms with E-state index in [1.54, 1.807) is 6.07 Å².